The molecule has 82 valence electrons. The Morgan fingerprint density at radius 3 is 2.93 bits per heavy atom. The van der Waals surface area contributed by atoms with E-state index in [9.17, 15) is 4.79 Å². The molecule has 1 saturated heterocycles. The van der Waals surface area contributed by atoms with E-state index in [1.54, 1.807) is 0 Å². The number of carbonyl (C=O) groups is 1. The lowest BCUT2D eigenvalue weighted by Gasteiger charge is -2.51. The van der Waals surface area contributed by atoms with Crippen LogP contribution in [0.1, 0.15) is 39.5 Å². The molecule has 0 amide bonds. The summed E-state index contributed by atoms with van der Waals surface area (Å²) >= 11 is 0. The van der Waals surface area contributed by atoms with E-state index in [4.69, 9.17) is 4.74 Å². The van der Waals surface area contributed by atoms with Gasteiger partial charge in [0, 0.05) is 10.8 Å². The van der Waals surface area contributed by atoms with Gasteiger partial charge in [-0.1, -0.05) is 38.8 Å². The van der Waals surface area contributed by atoms with E-state index in [1.807, 2.05) is 0 Å². The molecule has 0 aromatic heterocycles. The molecule has 4 atom stereocenters. The average Bonchev–Trinajstić information content (AvgIpc) is 2.68. The van der Waals surface area contributed by atoms with E-state index < -0.39 is 0 Å². The van der Waals surface area contributed by atoms with Crippen LogP contribution in [0.4, 0.5) is 0 Å². The molecule has 0 aromatic carbocycles. The second-order valence-corrected chi connectivity index (χ2v) is 5.58. The molecule has 2 unspecified atom stereocenters. The maximum Gasteiger partial charge on any atom is 0.311 e. The molecule has 1 heterocycles. The Morgan fingerprint density at radius 2 is 2.33 bits per heavy atom. The van der Waals surface area contributed by atoms with Gasteiger partial charge in [0.1, 0.15) is 6.10 Å². The molecule has 4 aliphatic rings. The van der Waals surface area contributed by atoms with Gasteiger partial charge in [-0.3, -0.25) is 4.79 Å². The fraction of sp³-hybridized carbons (Fsp3) is 0.769. The molecule has 0 N–H and O–H groups in total. The Hall–Kier alpha value is -0.790. The number of unbranched alkanes of at least 4 members (excludes halogenated alkanes) is 1. The largest absolute Gasteiger partial charge is 0.461 e. The molecule has 4 fully saturated rings. The van der Waals surface area contributed by atoms with Crippen molar-refractivity contribution in [1.29, 1.82) is 0 Å². The Kier molecular flexibility index (Phi) is 1.56. The molecule has 4 rings (SSSR count). The quantitative estimate of drug-likeness (QED) is 0.524. The molecule has 0 radical (unpaired) electrons. The fourth-order valence-corrected chi connectivity index (χ4v) is 4.28. The van der Waals surface area contributed by atoms with Gasteiger partial charge in [-0.25, -0.2) is 0 Å². The van der Waals surface area contributed by atoms with Gasteiger partial charge >= 0.3 is 5.97 Å². The maximum absolute atomic E-state index is 11.7. The zero-order valence-corrected chi connectivity index (χ0v) is 9.51. The molecule has 0 spiro atoms. The topological polar surface area (TPSA) is 26.3 Å². The Morgan fingerprint density at radius 1 is 1.60 bits per heavy atom. The zero-order valence-electron chi connectivity index (χ0n) is 9.51. The SMILES string of the molecule is C=C1C2(C)C3C[C@]1(CCCC)[C@@H]2C(=O)O3. The lowest BCUT2D eigenvalue weighted by Crippen LogP contribution is -2.51. The lowest BCUT2D eigenvalue weighted by molar-refractivity contribution is -0.154. The molecule has 1 aliphatic heterocycles. The number of ether oxygens (including phenoxy) is 1. The second-order valence-electron chi connectivity index (χ2n) is 5.58. The number of esters is 1. The first-order valence-electron chi connectivity index (χ1n) is 5.97. The monoisotopic (exact) mass is 206 g/mol. The van der Waals surface area contributed by atoms with Crippen molar-refractivity contribution in [2.45, 2.75) is 45.6 Å². The molecular weight excluding hydrogens is 188 g/mol. The van der Waals surface area contributed by atoms with E-state index in [1.165, 1.54) is 18.4 Å². The van der Waals surface area contributed by atoms with Gasteiger partial charge < -0.3 is 4.74 Å². The highest BCUT2D eigenvalue weighted by Gasteiger charge is 2.80. The highest BCUT2D eigenvalue weighted by Crippen LogP contribution is 2.79. The van der Waals surface area contributed by atoms with Gasteiger partial charge in [-0.05, 0) is 12.8 Å². The predicted octanol–water partition coefficient (Wildman–Crippen LogP) is 2.68. The molecular formula is C13H18O2. The van der Waals surface area contributed by atoms with E-state index >= 15 is 0 Å². The average molecular weight is 206 g/mol. The van der Waals surface area contributed by atoms with Crippen LogP contribution in [0.5, 0.6) is 0 Å². The standard InChI is InChI=1S/C13H18O2/c1-4-5-6-13-7-9-12(3,8(13)2)10(13)11(14)15-9/h9-10H,2,4-7H2,1,3H3/t9?,10-,12?,13+/m1/s1. The number of hydrogen-bond acceptors (Lipinski definition) is 2. The van der Waals surface area contributed by atoms with Gasteiger partial charge in [0.05, 0.1) is 5.92 Å². The lowest BCUT2D eigenvalue weighted by atomic mass is 9.48. The van der Waals surface area contributed by atoms with Gasteiger partial charge in [-0.15, -0.1) is 0 Å². The normalized spacial score (nSPS) is 50.5. The molecule has 2 nitrogen and oxygen atoms in total. The summed E-state index contributed by atoms with van der Waals surface area (Å²) in [5.41, 5.74) is 1.42. The Bertz CT molecular complexity index is 360. The summed E-state index contributed by atoms with van der Waals surface area (Å²) in [4.78, 5) is 11.7. The third kappa shape index (κ3) is 0.745. The summed E-state index contributed by atoms with van der Waals surface area (Å²) < 4.78 is 5.39. The molecule has 15 heavy (non-hydrogen) atoms. The van der Waals surface area contributed by atoms with E-state index in [2.05, 4.69) is 20.4 Å². The summed E-state index contributed by atoms with van der Waals surface area (Å²) in [6.45, 7) is 8.58. The first kappa shape index (κ1) is 9.44. The maximum atomic E-state index is 11.7. The van der Waals surface area contributed by atoms with Crippen molar-refractivity contribution in [3.63, 3.8) is 0 Å². The van der Waals surface area contributed by atoms with Gasteiger partial charge in [-0.2, -0.15) is 0 Å². The van der Waals surface area contributed by atoms with Crippen molar-refractivity contribution in [1.82, 2.24) is 0 Å². The molecule has 3 aliphatic carbocycles. The van der Waals surface area contributed by atoms with E-state index in [0.717, 1.165) is 12.8 Å². The predicted molar refractivity (Wildman–Crippen MR) is 57.2 cm³/mol. The minimum atomic E-state index is -0.00910. The van der Waals surface area contributed by atoms with E-state index in [-0.39, 0.29) is 28.8 Å². The summed E-state index contributed by atoms with van der Waals surface area (Å²) in [5.74, 6) is 0.173. The van der Waals surface area contributed by atoms with Crippen LogP contribution in [-0.4, -0.2) is 12.1 Å². The van der Waals surface area contributed by atoms with Crippen LogP contribution in [-0.2, 0) is 9.53 Å². The van der Waals surface area contributed by atoms with Crippen LogP contribution in [0.25, 0.3) is 0 Å². The minimum Gasteiger partial charge on any atom is -0.461 e. The van der Waals surface area contributed by atoms with Crippen LogP contribution >= 0.6 is 0 Å². The highest BCUT2D eigenvalue weighted by atomic mass is 16.6. The van der Waals surface area contributed by atoms with Crippen molar-refractivity contribution in [3.8, 4) is 0 Å². The highest BCUT2D eigenvalue weighted by molar-refractivity contribution is 5.84. The van der Waals surface area contributed by atoms with Gasteiger partial charge in [0.2, 0.25) is 0 Å². The summed E-state index contributed by atoms with van der Waals surface area (Å²) in [5, 5.41) is 0. The summed E-state index contributed by atoms with van der Waals surface area (Å²) in [6, 6.07) is 0. The van der Waals surface area contributed by atoms with Crippen LogP contribution in [0, 0.1) is 16.7 Å². The van der Waals surface area contributed by atoms with Crippen molar-refractivity contribution < 1.29 is 9.53 Å². The van der Waals surface area contributed by atoms with Crippen molar-refractivity contribution in [2.75, 3.05) is 0 Å². The fourth-order valence-electron chi connectivity index (χ4n) is 4.28. The van der Waals surface area contributed by atoms with Crippen LogP contribution in [0.2, 0.25) is 0 Å². The van der Waals surface area contributed by atoms with Crippen LogP contribution < -0.4 is 0 Å². The molecule has 0 aromatic rings. The summed E-state index contributed by atoms with van der Waals surface area (Å²) in [6.07, 6.45) is 4.70. The first-order chi connectivity index (χ1) is 7.07. The smallest absolute Gasteiger partial charge is 0.311 e. The third-order valence-corrected chi connectivity index (χ3v) is 5.09. The zero-order chi connectivity index (χ0) is 10.8. The van der Waals surface area contributed by atoms with Crippen molar-refractivity contribution in [3.05, 3.63) is 12.2 Å². The second kappa shape index (κ2) is 2.47. The Balaban J connectivity index is 1.95. The number of rotatable bonds is 3. The number of hydrogen-bond donors (Lipinski definition) is 0. The van der Waals surface area contributed by atoms with Crippen LogP contribution in [0.15, 0.2) is 12.2 Å². The molecule has 2 heteroatoms. The van der Waals surface area contributed by atoms with E-state index in [0.29, 0.717) is 0 Å². The molecule has 3 saturated carbocycles. The number of carbonyl (C=O) groups excluding carboxylic acids is 1. The third-order valence-electron chi connectivity index (χ3n) is 5.09. The molecule has 4 bridgehead atoms. The van der Waals surface area contributed by atoms with Gasteiger partial charge in [0.25, 0.3) is 0 Å². The van der Waals surface area contributed by atoms with Crippen LogP contribution in [0.3, 0.4) is 0 Å². The van der Waals surface area contributed by atoms with Crippen molar-refractivity contribution >= 4 is 5.97 Å². The van der Waals surface area contributed by atoms with Crippen molar-refractivity contribution in [2.24, 2.45) is 16.7 Å². The summed E-state index contributed by atoms with van der Waals surface area (Å²) in [7, 11) is 0. The minimum absolute atomic E-state index is 0.00910. The Labute approximate surface area is 90.7 Å². The van der Waals surface area contributed by atoms with Gasteiger partial charge in [0.15, 0.2) is 0 Å². The first-order valence-corrected chi connectivity index (χ1v) is 5.97.